The summed E-state index contributed by atoms with van der Waals surface area (Å²) in [4.78, 5) is 25.1. The predicted molar refractivity (Wildman–Crippen MR) is 104 cm³/mol. The molecule has 7 nitrogen and oxygen atoms in total. The molecule has 1 aliphatic heterocycles. The molecule has 1 aromatic rings. The Morgan fingerprint density at radius 3 is 2.37 bits per heavy atom. The van der Waals surface area contributed by atoms with Crippen molar-refractivity contribution >= 4 is 20.1 Å². The highest BCUT2D eigenvalue weighted by atomic mass is 28.3. The van der Waals surface area contributed by atoms with E-state index in [9.17, 15) is 9.59 Å². The third-order valence-electron chi connectivity index (χ3n) is 4.59. The van der Waals surface area contributed by atoms with E-state index in [-0.39, 0.29) is 13.0 Å². The lowest BCUT2D eigenvalue weighted by atomic mass is 10.0. The molecule has 1 atom stereocenters. The third kappa shape index (κ3) is 4.37. The number of carbonyl (C=O) groups excluding carboxylic acids is 2. The van der Waals surface area contributed by atoms with E-state index in [2.05, 4.69) is 5.32 Å². The summed E-state index contributed by atoms with van der Waals surface area (Å²) in [6.07, 6.45) is -0.363. The summed E-state index contributed by atoms with van der Waals surface area (Å²) < 4.78 is 21.7. The van der Waals surface area contributed by atoms with Crippen molar-refractivity contribution in [1.82, 2.24) is 5.32 Å². The van der Waals surface area contributed by atoms with Crippen LogP contribution in [0.5, 0.6) is 11.5 Å². The van der Waals surface area contributed by atoms with Crippen molar-refractivity contribution in [3.05, 3.63) is 23.8 Å². The summed E-state index contributed by atoms with van der Waals surface area (Å²) in [5.41, 5.74) is 0.833. The molecule has 150 valence electrons. The minimum atomic E-state index is -2.31. The Hall–Kier alpha value is -2.22. The van der Waals surface area contributed by atoms with Gasteiger partial charge in [0, 0.05) is 20.3 Å². The van der Waals surface area contributed by atoms with Crippen molar-refractivity contribution in [3.63, 3.8) is 0 Å². The van der Waals surface area contributed by atoms with Crippen LogP contribution in [0, 0.1) is 0 Å². The number of benzene rings is 1. The average molecular weight is 396 g/mol. The highest BCUT2D eigenvalue weighted by Crippen LogP contribution is 2.40. The topological polar surface area (TPSA) is 83.1 Å². The van der Waals surface area contributed by atoms with Crippen LogP contribution in [0.4, 0.5) is 4.79 Å². The molecule has 0 saturated carbocycles. The Morgan fingerprint density at radius 1 is 1.19 bits per heavy atom. The van der Waals surface area contributed by atoms with Gasteiger partial charge >= 0.3 is 12.1 Å². The van der Waals surface area contributed by atoms with Crippen LogP contribution in [-0.4, -0.2) is 44.8 Å². The fraction of sp³-hybridized carbons (Fsp3) is 0.579. The zero-order valence-corrected chi connectivity index (χ0v) is 18.1. The van der Waals surface area contributed by atoms with E-state index in [1.54, 1.807) is 6.92 Å². The Bertz CT molecular complexity index is 727. The largest absolute Gasteiger partial charge is 0.468 e. The fourth-order valence-corrected chi connectivity index (χ4v) is 5.05. The van der Waals surface area contributed by atoms with E-state index in [1.807, 2.05) is 51.7 Å². The highest BCUT2D eigenvalue weighted by molar-refractivity contribution is 6.82. The SMILES string of the molecule is CCOC(=O)NC(Cc1ccc2c(c1)OC(C)(C)O2)(C(=O)OC)[Si](C)(C)C. The Balaban J connectivity index is 2.43. The van der Waals surface area contributed by atoms with Crippen molar-refractivity contribution in [2.45, 2.75) is 57.8 Å². The Labute approximate surface area is 161 Å². The van der Waals surface area contributed by atoms with Gasteiger partial charge in [-0.05, 0) is 24.6 Å². The van der Waals surface area contributed by atoms with Crippen molar-refractivity contribution in [3.8, 4) is 11.5 Å². The molecule has 1 N–H and O–H groups in total. The minimum absolute atomic E-state index is 0.216. The van der Waals surface area contributed by atoms with Gasteiger partial charge in [0.15, 0.2) is 11.5 Å². The molecule has 0 spiro atoms. The van der Waals surface area contributed by atoms with Crippen LogP contribution in [0.3, 0.4) is 0 Å². The normalized spacial score (nSPS) is 17.0. The van der Waals surface area contributed by atoms with Gasteiger partial charge in [0.2, 0.25) is 5.79 Å². The van der Waals surface area contributed by atoms with Crippen molar-refractivity contribution in [2.75, 3.05) is 13.7 Å². The lowest BCUT2D eigenvalue weighted by Crippen LogP contribution is -2.70. The highest BCUT2D eigenvalue weighted by Gasteiger charge is 2.52. The van der Waals surface area contributed by atoms with Crippen molar-refractivity contribution in [2.24, 2.45) is 0 Å². The number of amides is 1. The Morgan fingerprint density at radius 2 is 1.81 bits per heavy atom. The van der Waals surface area contributed by atoms with Crippen LogP contribution in [0.1, 0.15) is 26.3 Å². The third-order valence-corrected chi connectivity index (χ3v) is 7.66. The van der Waals surface area contributed by atoms with Gasteiger partial charge in [-0.15, -0.1) is 0 Å². The van der Waals surface area contributed by atoms with E-state index in [4.69, 9.17) is 18.9 Å². The number of hydrogen-bond donors (Lipinski definition) is 1. The number of fused-ring (bicyclic) bond motifs is 1. The zero-order valence-electron chi connectivity index (χ0n) is 17.1. The standard InChI is InChI=1S/C19H29NO6Si/c1-8-24-17(22)20-19(16(21)23-4,27(5,6)7)12-13-9-10-14-15(11-13)26-18(2,3)25-14/h9-11H,8,12H2,1-7H3,(H,20,22). The molecule has 0 aromatic heterocycles. The molecule has 1 aromatic carbocycles. The average Bonchev–Trinajstić information content (AvgIpc) is 2.85. The van der Waals surface area contributed by atoms with Crippen LogP contribution in [0.15, 0.2) is 18.2 Å². The predicted octanol–water partition coefficient (Wildman–Crippen LogP) is 3.27. The molecule has 2 rings (SSSR count). The first kappa shape index (κ1) is 21.1. The first-order chi connectivity index (χ1) is 12.4. The van der Waals surface area contributed by atoms with Crippen LogP contribution in [-0.2, 0) is 20.7 Å². The summed E-state index contributed by atoms with van der Waals surface area (Å²) in [6.45, 7) is 11.6. The summed E-state index contributed by atoms with van der Waals surface area (Å²) in [5.74, 6) is 0.0528. The first-order valence-corrected chi connectivity index (χ1v) is 12.5. The first-order valence-electron chi connectivity index (χ1n) is 8.98. The fourth-order valence-electron chi connectivity index (χ4n) is 3.13. The molecule has 0 saturated heterocycles. The molecule has 0 fully saturated rings. The molecule has 0 aliphatic carbocycles. The maximum Gasteiger partial charge on any atom is 0.407 e. The van der Waals surface area contributed by atoms with Crippen molar-refractivity contribution < 1.29 is 28.5 Å². The van der Waals surface area contributed by atoms with E-state index in [1.165, 1.54) is 7.11 Å². The van der Waals surface area contributed by atoms with E-state index in [0.717, 1.165) is 5.56 Å². The monoisotopic (exact) mass is 395 g/mol. The zero-order chi connectivity index (χ0) is 20.5. The van der Waals surface area contributed by atoms with Crippen LogP contribution < -0.4 is 14.8 Å². The second kappa shape index (κ2) is 7.42. The molecule has 8 heteroatoms. The summed E-state index contributed by atoms with van der Waals surface area (Å²) in [6, 6.07) is 5.53. The lowest BCUT2D eigenvalue weighted by molar-refractivity contribution is -0.145. The number of ether oxygens (including phenoxy) is 4. The number of esters is 1. The molecule has 0 bridgehead atoms. The number of hydrogen-bond acceptors (Lipinski definition) is 6. The van der Waals surface area contributed by atoms with Crippen LogP contribution in [0.25, 0.3) is 0 Å². The van der Waals surface area contributed by atoms with Gasteiger partial charge < -0.3 is 24.3 Å². The van der Waals surface area contributed by atoms with Gasteiger partial charge in [-0.25, -0.2) is 9.59 Å². The van der Waals surface area contributed by atoms with Gasteiger partial charge in [-0.2, -0.15) is 0 Å². The number of carbonyl (C=O) groups is 2. The molecular weight excluding hydrogens is 366 g/mol. The second-order valence-electron chi connectivity index (χ2n) is 8.05. The number of alkyl carbamates (subject to hydrolysis) is 1. The molecular formula is C19H29NO6Si. The quantitative estimate of drug-likeness (QED) is 0.588. The van der Waals surface area contributed by atoms with E-state index >= 15 is 0 Å². The Kier molecular flexibility index (Phi) is 5.79. The summed E-state index contributed by atoms with van der Waals surface area (Å²) in [5, 5.41) is 1.63. The van der Waals surface area contributed by atoms with E-state index < -0.39 is 31.1 Å². The maximum absolute atomic E-state index is 12.8. The van der Waals surface area contributed by atoms with Gasteiger partial charge in [0.05, 0.1) is 21.8 Å². The maximum atomic E-state index is 12.8. The molecule has 1 heterocycles. The molecule has 1 aliphatic rings. The van der Waals surface area contributed by atoms with Crippen molar-refractivity contribution in [1.29, 1.82) is 0 Å². The number of rotatable bonds is 6. The minimum Gasteiger partial charge on any atom is -0.468 e. The molecule has 1 amide bonds. The van der Waals surface area contributed by atoms with Gasteiger partial charge in [0.25, 0.3) is 0 Å². The lowest BCUT2D eigenvalue weighted by Gasteiger charge is -2.41. The van der Waals surface area contributed by atoms with E-state index in [0.29, 0.717) is 11.5 Å². The summed E-state index contributed by atoms with van der Waals surface area (Å²) in [7, 11) is -0.982. The number of methoxy groups -OCH3 is 1. The summed E-state index contributed by atoms with van der Waals surface area (Å²) >= 11 is 0. The van der Waals surface area contributed by atoms with Crippen LogP contribution in [0.2, 0.25) is 19.6 Å². The van der Waals surface area contributed by atoms with Gasteiger partial charge in [-0.1, -0.05) is 25.7 Å². The van der Waals surface area contributed by atoms with Gasteiger partial charge in [-0.3, -0.25) is 0 Å². The molecule has 1 unspecified atom stereocenters. The molecule has 0 radical (unpaired) electrons. The number of nitrogens with one attached hydrogen (secondary N) is 1. The smallest absolute Gasteiger partial charge is 0.407 e. The van der Waals surface area contributed by atoms with Gasteiger partial charge in [0.1, 0.15) is 5.16 Å². The van der Waals surface area contributed by atoms with Crippen LogP contribution >= 0.6 is 0 Å². The molecule has 27 heavy (non-hydrogen) atoms. The second-order valence-corrected chi connectivity index (χ2v) is 13.4.